The summed E-state index contributed by atoms with van der Waals surface area (Å²) in [6.45, 7) is 1.86. The van der Waals surface area contributed by atoms with Gasteiger partial charge in [-0.2, -0.15) is 0 Å². The molecule has 1 saturated heterocycles. The number of carbonyl (C=O) groups is 4. The number of amides is 2. The van der Waals surface area contributed by atoms with Crippen LogP contribution < -0.4 is 4.74 Å². The van der Waals surface area contributed by atoms with Crippen LogP contribution in [0.15, 0.2) is 70.2 Å². The van der Waals surface area contributed by atoms with E-state index in [0.29, 0.717) is 34.5 Å². The molecular formula is C29H25NO6S. The van der Waals surface area contributed by atoms with Crippen molar-refractivity contribution in [3.8, 4) is 11.5 Å². The zero-order valence-corrected chi connectivity index (χ0v) is 21.2. The maximum atomic E-state index is 13.7. The van der Waals surface area contributed by atoms with Gasteiger partial charge in [-0.1, -0.05) is 23.8 Å². The van der Waals surface area contributed by atoms with E-state index in [1.54, 1.807) is 19.1 Å². The summed E-state index contributed by atoms with van der Waals surface area (Å²) in [4.78, 5) is 56.0. The molecule has 7 nitrogen and oxygen atoms in total. The summed E-state index contributed by atoms with van der Waals surface area (Å²) >= 11 is 1.49. The number of ketones is 2. The SMILES string of the molecule is COc1ccc([C@H]2C3=CC[C@@H]4C(=O)N(Cc5cccs5)C(=O)[C@@H]4[C@@H]3CC3=C2C(=O)C(C)=CC3=O)c(O)c1. The first-order valence-electron chi connectivity index (χ1n) is 12.2. The third kappa shape index (κ3) is 3.54. The molecule has 188 valence electrons. The molecule has 0 radical (unpaired) electrons. The van der Waals surface area contributed by atoms with Gasteiger partial charge in [-0.3, -0.25) is 24.1 Å². The molecule has 3 aliphatic carbocycles. The average molecular weight is 516 g/mol. The molecule has 0 spiro atoms. The lowest BCUT2D eigenvalue weighted by molar-refractivity contribution is -0.140. The van der Waals surface area contributed by atoms with Gasteiger partial charge in [-0.25, -0.2) is 0 Å². The van der Waals surface area contributed by atoms with Crippen molar-refractivity contribution in [2.24, 2.45) is 17.8 Å². The number of Topliss-reactive ketones (excluding diaryl/α,β-unsaturated/α-hetero) is 1. The maximum Gasteiger partial charge on any atom is 0.234 e. The fraction of sp³-hybridized carbons (Fsp3) is 0.310. The maximum absolute atomic E-state index is 13.7. The molecule has 1 N–H and O–H groups in total. The largest absolute Gasteiger partial charge is 0.507 e. The van der Waals surface area contributed by atoms with Gasteiger partial charge in [-0.15, -0.1) is 11.3 Å². The lowest BCUT2D eigenvalue weighted by Crippen LogP contribution is -2.39. The van der Waals surface area contributed by atoms with E-state index in [9.17, 15) is 24.3 Å². The molecule has 2 amide bonds. The van der Waals surface area contributed by atoms with Gasteiger partial charge in [-0.05, 0) is 49.3 Å². The molecule has 2 aromatic rings. The van der Waals surface area contributed by atoms with Gasteiger partial charge in [0.2, 0.25) is 11.8 Å². The summed E-state index contributed by atoms with van der Waals surface area (Å²) in [6, 6.07) is 8.68. The summed E-state index contributed by atoms with van der Waals surface area (Å²) in [5.74, 6) is -2.72. The normalized spacial score (nSPS) is 27.0. The fourth-order valence-electron chi connectivity index (χ4n) is 6.39. The number of benzene rings is 1. The second-order valence-corrected chi connectivity index (χ2v) is 11.0. The van der Waals surface area contributed by atoms with Crippen LogP contribution >= 0.6 is 11.3 Å². The Morgan fingerprint density at radius 2 is 1.92 bits per heavy atom. The van der Waals surface area contributed by atoms with Gasteiger partial charge in [0.1, 0.15) is 11.5 Å². The van der Waals surface area contributed by atoms with Gasteiger partial charge in [0.25, 0.3) is 0 Å². The molecule has 1 aromatic heterocycles. The number of carbonyl (C=O) groups excluding carboxylic acids is 4. The smallest absolute Gasteiger partial charge is 0.234 e. The molecule has 1 aliphatic heterocycles. The van der Waals surface area contributed by atoms with Crippen LogP contribution in [0.1, 0.15) is 36.1 Å². The van der Waals surface area contributed by atoms with Crippen molar-refractivity contribution in [1.82, 2.24) is 4.90 Å². The second kappa shape index (κ2) is 8.66. The topological polar surface area (TPSA) is 101 Å². The second-order valence-electron chi connectivity index (χ2n) is 10.00. The quantitative estimate of drug-likeness (QED) is 0.374. The third-order valence-electron chi connectivity index (χ3n) is 8.10. The van der Waals surface area contributed by atoms with E-state index in [1.165, 1.54) is 35.5 Å². The summed E-state index contributed by atoms with van der Waals surface area (Å²) in [5, 5.41) is 12.9. The van der Waals surface area contributed by atoms with E-state index in [-0.39, 0.29) is 42.1 Å². The number of rotatable bonds is 4. The van der Waals surface area contributed by atoms with Crippen molar-refractivity contribution in [2.45, 2.75) is 32.2 Å². The number of hydrogen-bond donors (Lipinski definition) is 1. The Morgan fingerprint density at radius 3 is 2.62 bits per heavy atom. The Morgan fingerprint density at radius 1 is 1.11 bits per heavy atom. The molecular weight excluding hydrogens is 490 g/mol. The number of likely N-dealkylation sites (tertiary alicyclic amines) is 1. The number of allylic oxidation sites excluding steroid dienone is 6. The van der Waals surface area contributed by atoms with E-state index >= 15 is 0 Å². The Balaban J connectivity index is 1.47. The van der Waals surface area contributed by atoms with Crippen molar-refractivity contribution < 1.29 is 29.0 Å². The first-order valence-corrected chi connectivity index (χ1v) is 13.1. The molecule has 1 fully saturated rings. The molecule has 0 bridgehead atoms. The minimum Gasteiger partial charge on any atom is -0.507 e. The summed E-state index contributed by atoms with van der Waals surface area (Å²) < 4.78 is 5.24. The first kappa shape index (κ1) is 23.6. The van der Waals surface area contributed by atoms with Crippen LogP contribution in [-0.4, -0.2) is 40.5 Å². The average Bonchev–Trinajstić information content (AvgIpc) is 3.49. The number of thiophene rings is 1. The highest BCUT2D eigenvalue weighted by Crippen LogP contribution is 2.56. The van der Waals surface area contributed by atoms with Gasteiger partial charge < -0.3 is 9.84 Å². The summed E-state index contributed by atoms with van der Waals surface area (Å²) in [6.07, 6.45) is 3.89. The van der Waals surface area contributed by atoms with Crippen LogP contribution in [0.25, 0.3) is 0 Å². The highest BCUT2D eigenvalue weighted by atomic mass is 32.1. The van der Waals surface area contributed by atoms with E-state index in [4.69, 9.17) is 4.74 Å². The molecule has 2 heterocycles. The molecule has 6 rings (SSSR count). The van der Waals surface area contributed by atoms with E-state index in [0.717, 1.165) is 10.5 Å². The standard InChI is InChI=1S/C29H25NO6S/c1-14-10-22(31)21-12-20-17(24(26(21)27(14)33)18-6-5-15(36-2)11-23(18)32)7-8-19-25(20)29(35)30(28(19)34)13-16-4-3-9-37-16/h3-7,9-11,19-20,24-25,32H,8,12-13H2,1-2H3/t19-,20+,24+,25-/m0/s1. The fourth-order valence-corrected chi connectivity index (χ4v) is 7.08. The van der Waals surface area contributed by atoms with Crippen molar-refractivity contribution in [2.75, 3.05) is 7.11 Å². The Labute approximate surface area is 217 Å². The lowest BCUT2D eigenvalue weighted by Gasteiger charge is -2.42. The number of nitrogens with zero attached hydrogens (tertiary/aromatic N) is 1. The predicted molar refractivity (Wildman–Crippen MR) is 136 cm³/mol. The molecule has 0 unspecified atom stereocenters. The molecule has 0 saturated carbocycles. The van der Waals surface area contributed by atoms with Crippen LogP contribution in [0.4, 0.5) is 0 Å². The number of methoxy groups -OCH3 is 1. The number of fused-ring (bicyclic) bond motifs is 3. The highest BCUT2D eigenvalue weighted by molar-refractivity contribution is 7.09. The van der Waals surface area contributed by atoms with Gasteiger partial charge >= 0.3 is 0 Å². The van der Waals surface area contributed by atoms with Gasteiger partial charge in [0.05, 0.1) is 25.5 Å². The Bertz CT molecular complexity index is 1460. The Kier molecular flexibility index (Phi) is 5.53. The minimum absolute atomic E-state index is 0.0551. The number of phenolic OH excluding ortho intramolecular Hbond substituents is 1. The molecule has 8 heteroatoms. The van der Waals surface area contributed by atoms with Crippen LogP contribution in [0.3, 0.4) is 0 Å². The number of hydrogen-bond acceptors (Lipinski definition) is 7. The molecule has 37 heavy (non-hydrogen) atoms. The molecule has 4 atom stereocenters. The van der Waals surface area contributed by atoms with Crippen molar-refractivity contribution >= 4 is 34.7 Å². The monoisotopic (exact) mass is 515 g/mol. The highest BCUT2D eigenvalue weighted by Gasteiger charge is 2.56. The minimum atomic E-state index is -0.685. The number of ether oxygens (including phenoxy) is 1. The molecule has 1 aromatic carbocycles. The van der Waals surface area contributed by atoms with Crippen LogP contribution in [0.5, 0.6) is 11.5 Å². The van der Waals surface area contributed by atoms with Crippen molar-refractivity contribution in [1.29, 1.82) is 0 Å². The number of aromatic hydroxyl groups is 1. The van der Waals surface area contributed by atoms with Crippen LogP contribution in [0.2, 0.25) is 0 Å². The van der Waals surface area contributed by atoms with Crippen molar-refractivity contribution in [3.63, 3.8) is 0 Å². The zero-order valence-electron chi connectivity index (χ0n) is 20.4. The predicted octanol–water partition coefficient (Wildman–Crippen LogP) is 4.09. The summed E-state index contributed by atoms with van der Waals surface area (Å²) in [7, 11) is 1.50. The van der Waals surface area contributed by atoms with Crippen molar-refractivity contribution in [3.05, 3.63) is 80.6 Å². The van der Waals surface area contributed by atoms with E-state index in [2.05, 4.69) is 0 Å². The first-order chi connectivity index (χ1) is 17.8. The van der Waals surface area contributed by atoms with Gasteiger partial charge in [0.15, 0.2) is 11.6 Å². The van der Waals surface area contributed by atoms with Gasteiger partial charge in [0, 0.05) is 39.1 Å². The van der Waals surface area contributed by atoms with E-state index in [1.807, 2.05) is 23.6 Å². The Hall–Kier alpha value is -3.78. The number of phenols is 1. The third-order valence-corrected chi connectivity index (χ3v) is 8.96. The van der Waals surface area contributed by atoms with Crippen LogP contribution in [-0.2, 0) is 25.7 Å². The summed E-state index contributed by atoms with van der Waals surface area (Å²) in [5.41, 5.74) is 2.37. The zero-order chi connectivity index (χ0) is 26.0. The lowest BCUT2D eigenvalue weighted by atomic mass is 9.59. The van der Waals surface area contributed by atoms with Crippen LogP contribution in [0, 0.1) is 17.8 Å². The van der Waals surface area contributed by atoms with E-state index < -0.39 is 23.7 Å². The molecule has 4 aliphatic rings. The number of imide groups is 1.